The first-order valence-corrected chi connectivity index (χ1v) is 10.3. The van der Waals surface area contributed by atoms with Gasteiger partial charge in [0.25, 0.3) is 0 Å². The van der Waals surface area contributed by atoms with Gasteiger partial charge in [-0.1, -0.05) is 12.1 Å². The minimum atomic E-state index is -0.422. The number of amides is 2. The smallest absolute Gasteiger partial charge is 0.245 e. The number of aromatic nitrogens is 2. The van der Waals surface area contributed by atoms with Gasteiger partial charge in [-0.05, 0) is 32.8 Å². The molecule has 1 fully saturated rings. The van der Waals surface area contributed by atoms with Crippen LogP contribution in [0.1, 0.15) is 42.3 Å². The van der Waals surface area contributed by atoms with E-state index in [9.17, 15) is 9.59 Å². The predicted molar refractivity (Wildman–Crippen MR) is 110 cm³/mol. The van der Waals surface area contributed by atoms with Crippen molar-refractivity contribution in [2.24, 2.45) is 7.05 Å². The van der Waals surface area contributed by atoms with Crippen molar-refractivity contribution in [2.45, 2.75) is 52.7 Å². The normalized spacial score (nSPS) is 17.5. The molecule has 3 heterocycles. The highest BCUT2D eigenvalue weighted by Gasteiger charge is 2.36. The Morgan fingerprint density at radius 3 is 2.73 bits per heavy atom. The molecule has 0 spiro atoms. The highest BCUT2D eigenvalue weighted by Crippen LogP contribution is 2.36. The van der Waals surface area contributed by atoms with Crippen LogP contribution in [0.15, 0.2) is 18.2 Å². The third-order valence-electron chi connectivity index (χ3n) is 6.10. The van der Waals surface area contributed by atoms with Gasteiger partial charge in [-0.25, -0.2) is 0 Å². The zero-order valence-electron chi connectivity index (χ0n) is 18.0. The molecule has 1 unspecified atom stereocenters. The van der Waals surface area contributed by atoms with Crippen LogP contribution in [0.25, 0.3) is 0 Å². The Kier molecular flexibility index (Phi) is 5.40. The largest absolute Gasteiger partial charge is 0.454 e. The van der Waals surface area contributed by atoms with E-state index in [0.717, 1.165) is 28.9 Å². The second kappa shape index (κ2) is 8.01. The minimum absolute atomic E-state index is 0.0399. The molecule has 1 atom stereocenters. The lowest BCUT2D eigenvalue weighted by molar-refractivity contribution is -0.143. The van der Waals surface area contributed by atoms with E-state index in [1.54, 1.807) is 4.90 Å². The number of benzene rings is 1. The number of nitrogens with zero attached hydrogens (tertiary/aromatic N) is 4. The second-order valence-electron chi connectivity index (χ2n) is 7.99. The Labute approximate surface area is 176 Å². The number of rotatable bonds is 5. The van der Waals surface area contributed by atoms with Gasteiger partial charge in [0.2, 0.25) is 18.6 Å². The molecule has 1 aromatic carbocycles. The first-order chi connectivity index (χ1) is 14.4. The maximum absolute atomic E-state index is 13.6. The summed E-state index contributed by atoms with van der Waals surface area (Å²) in [5, 5.41) is 4.50. The summed E-state index contributed by atoms with van der Waals surface area (Å²) in [6, 6.07) is 5.30. The van der Waals surface area contributed by atoms with Crippen molar-refractivity contribution in [2.75, 3.05) is 13.3 Å². The van der Waals surface area contributed by atoms with E-state index in [2.05, 4.69) is 5.10 Å². The van der Waals surface area contributed by atoms with Crippen molar-refractivity contribution in [3.05, 3.63) is 40.7 Å². The van der Waals surface area contributed by atoms with Crippen LogP contribution >= 0.6 is 0 Å². The van der Waals surface area contributed by atoms with E-state index in [1.807, 2.05) is 48.7 Å². The first-order valence-electron chi connectivity index (χ1n) is 10.3. The Balaban J connectivity index is 1.67. The van der Waals surface area contributed by atoms with Crippen molar-refractivity contribution in [1.82, 2.24) is 19.6 Å². The van der Waals surface area contributed by atoms with E-state index in [0.29, 0.717) is 37.6 Å². The van der Waals surface area contributed by atoms with E-state index in [4.69, 9.17) is 9.47 Å². The molecule has 160 valence electrons. The van der Waals surface area contributed by atoms with Crippen LogP contribution in [0.5, 0.6) is 11.5 Å². The molecule has 8 heteroatoms. The molecule has 2 aromatic rings. The molecule has 4 rings (SSSR count). The molecule has 0 aliphatic carbocycles. The van der Waals surface area contributed by atoms with Gasteiger partial charge in [-0.15, -0.1) is 0 Å². The van der Waals surface area contributed by atoms with Crippen molar-refractivity contribution >= 4 is 11.8 Å². The SMILES string of the molecule is CC(=O)N1CCCC1C(=O)N(Cc1cccc2c1OCO2)Cc1c(C)nn(C)c1C. The van der Waals surface area contributed by atoms with Gasteiger partial charge in [0.15, 0.2) is 11.5 Å². The zero-order chi connectivity index (χ0) is 21.4. The fourth-order valence-corrected chi connectivity index (χ4v) is 4.38. The number of likely N-dealkylation sites (tertiary alicyclic amines) is 1. The lowest BCUT2D eigenvalue weighted by atomic mass is 10.1. The summed E-state index contributed by atoms with van der Waals surface area (Å²) in [5.41, 5.74) is 3.85. The van der Waals surface area contributed by atoms with E-state index >= 15 is 0 Å². The fraction of sp³-hybridized carbons (Fsp3) is 0.500. The van der Waals surface area contributed by atoms with Gasteiger partial charge in [-0.2, -0.15) is 5.10 Å². The van der Waals surface area contributed by atoms with E-state index in [1.165, 1.54) is 6.92 Å². The lowest BCUT2D eigenvalue weighted by Gasteiger charge is -2.30. The van der Waals surface area contributed by atoms with Gasteiger partial charge in [-0.3, -0.25) is 14.3 Å². The third-order valence-corrected chi connectivity index (χ3v) is 6.10. The van der Waals surface area contributed by atoms with Crippen molar-refractivity contribution < 1.29 is 19.1 Å². The number of fused-ring (bicyclic) bond motifs is 1. The minimum Gasteiger partial charge on any atom is -0.454 e. The van der Waals surface area contributed by atoms with Crippen LogP contribution in [-0.4, -0.2) is 50.8 Å². The number of hydrogen-bond donors (Lipinski definition) is 0. The van der Waals surface area contributed by atoms with Crippen LogP contribution in [0.4, 0.5) is 0 Å². The average molecular weight is 412 g/mol. The molecule has 1 saturated heterocycles. The lowest BCUT2D eigenvalue weighted by Crippen LogP contribution is -2.46. The predicted octanol–water partition coefficient (Wildman–Crippen LogP) is 2.31. The van der Waals surface area contributed by atoms with Gasteiger partial charge in [0, 0.05) is 50.4 Å². The van der Waals surface area contributed by atoms with Crippen LogP contribution in [0, 0.1) is 13.8 Å². The van der Waals surface area contributed by atoms with Crippen LogP contribution < -0.4 is 9.47 Å². The molecule has 0 bridgehead atoms. The van der Waals surface area contributed by atoms with Crippen LogP contribution in [0.3, 0.4) is 0 Å². The third kappa shape index (κ3) is 3.62. The quantitative estimate of drug-likeness (QED) is 0.753. The summed E-state index contributed by atoms with van der Waals surface area (Å²) in [7, 11) is 1.90. The Morgan fingerprint density at radius 2 is 2.03 bits per heavy atom. The molecule has 0 N–H and O–H groups in total. The van der Waals surface area contributed by atoms with E-state index in [-0.39, 0.29) is 18.6 Å². The summed E-state index contributed by atoms with van der Waals surface area (Å²) in [6.45, 7) is 7.11. The topological polar surface area (TPSA) is 76.9 Å². The van der Waals surface area contributed by atoms with Crippen molar-refractivity contribution in [1.29, 1.82) is 0 Å². The maximum atomic E-state index is 13.6. The second-order valence-corrected chi connectivity index (χ2v) is 7.99. The number of carbonyl (C=O) groups is 2. The summed E-state index contributed by atoms with van der Waals surface area (Å²) in [6.07, 6.45) is 1.53. The molecule has 0 saturated carbocycles. The van der Waals surface area contributed by atoms with Crippen LogP contribution in [0.2, 0.25) is 0 Å². The summed E-state index contributed by atoms with van der Waals surface area (Å²) in [5.74, 6) is 1.28. The molecular formula is C22H28N4O4. The summed E-state index contributed by atoms with van der Waals surface area (Å²) in [4.78, 5) is 29.2. The molecule has 8 nitrogen and oxygen atoms in total. The van der Waals surface area contributed by atoms with Gasteiger partial charge in [0.05, 0.1) is 5.69 Å². The number of hydrogen-bond acceptors (Lipinski definition) is 5. The Hall–Kier alpha value is -3.03. The highest BCUT2D eigenvalue weighted by molar-refractivity contribution is 5.87. The zero-order valence-corrected chi connectivity index (χ0v) is 18.0. The van der Waals surface area contributed by atoms with Crippen LogP contribution in [-0.2, 0) is 29.7 Å². The number of para-hydroxylation sites is 1. The molecule has 30 heavy (non-hydrogen) atoms. The number of carbonyl (C=O) groups excluding carboxylic acids is 2. The van der Waals surface area contributed by atoms with E-state index < -0.39 is 6.04 Å². The van der Waals surface area contributed by atoms with Crippen molar-refractivity contribution in [3.63, 3.8) is 0 Å². The monoisotopic (exact) mass is 412 g/mol. The average Bonchev–Trinajstić information content (AvgIpc) is 3.43. The number of ether oxygens (including phenoxy) is 2. The Bertz CT molecular complexity index is 984. The van der Waals surface area contributed by atoms with Gasteiger partial charge >= 0.3 is 0 Å². The standard InChI is InChI=1S/C22H28N4O4/c1-14-18(15(2)24(4)23-14)12-25(22(28)19-8-6-10-26(19)16(3)27)11-17-7-5-9-20-21(17)30-13-29-20/h5,7,9,19H,6,8,10-13H2,1-4H3. The molecule has 0 radical (unpaired) electrons. The summed E-state index contributed by atoms with van der Waals surface area (Å²) >= 11 is 0. The molecule has 2 aliphatic heterocycles. The summed E-state index contributed by atoms with van der Waals surface area (Å²) < 4.78 is 13.0. The van der Waals surface area contributed by atoms with Gasteiger partial charge < -0.3 is 19.3 Å². The first kappa shape index (κ1) is 20.3. The Morgan fingerprint density at radius 1 is 1.23 bits per heavy atom. The highest BCUT2D eigenvalue weighted by atomic mass is 16.7. The van der Waals surface area contributed by atoms with Gasteiger partial charge in [0.1, 0.15) is 6.04 Å². The number of aryl methyl sites for hydroxylation is 2. The van der Waals surface area contributed by atoms with Crippen molar-refractivity contribution in [3.8, 4) is 11.5 Å². The molecular weight excluding hydrogens is 384 g/mol. The molecule has 1 aromatic heterocycles. The molecule has 2 amide bonds. The molecule has 2 aliphatic rings. The fourth-order valence-electron chi connectivity index (χ4n) is 4.38. The maximum Gasteiger partial charge on any atom is 0.245 e.